The second-order valence-corrected chi connectivity index (χ2v) is 10.4. The minimum Gasteiger partial charge on any atom is -0.279 e. The molecule has 0 saturated heterocycles. The molecule has 0 radical (unpaired) electrons. The first-order chi connectivity index (χ1) is 15.0. The number of hydrogen-bond acceptors (Lipinski definition) is 4. The molecule has 0 aliphatic carbocycles. The third kappa shape index (κ3) is 5.17. The predicted molar refractivity (Wildman–Crippen MR) is 133 cm³/mol. The Morgan fingerprint density at radius 2 is 1.74 bits per heavy atom. The number of fused-ring (bicyclic) bond motifs is 1. The highest BCUT2D eigenvalue weighted by Gasteiger charge is 2.22. The van der Waals surface area contributed by atoms with Crippen LogP contribution in [0.5, 0.6) is 0 Å². The summed E-state index contributed by atoms with van der Waals surface area (Å²) in [4.78, 5) is 21.4. The van der Waals surface area contributed by atoms with Crippen molar-refractivity contribution < 1.29 is 4.79 Å². The molecule has 0 N–H and O–H groups in total. The Morgan fingerprint density at radius 1 is 1.00 bits per heavy atom. The van der Waals surface area contributed by atoms with E-state index in [9.17, 15) is 4.79 Å². The number of anilines is 1. The van der Waals surface area contributed by atoms with Crippen molar-refractivity contribution in [1.82, 2.24) is 4.98 Å². The monoisotopic (exact) mass is 446 g/mol. The summed E-state index contributed by atoms with van der Waals surface area (Å²) in [6, 6.07) is 24.3. The molecular formula is C26H26N2OS2. The van der Waals surface area contributed by atoms with Crippen LogP contribution < -0.4 is 4.90 Å². The second-order valence-electron chi connectivity index (χ2n) is 7.72. The fraction of sp³-hybridized carbons (Fsp3) is 0.231. The zero-order valence-electron chi connectivity index (χ0n) is 18.0. The van der Waals surface area contributed by atoms with Gasteiger partial charge < -0.3 is 0 Å². The minimum atomic E-state index is -0.0280. The van der Waals surface area contributed by atoms with Crippen molar-refractivity contribution in [3.8, 4) is 0 Å². The summed E-state index contributed by atoms with van der Waals surface area (Å²) in [5.74, 6) is -0.0280. The number of amides is 1. The zero-order valence-corrected chi connectivity index (χ0v) is 19.7. The van der Waals surface area contributed by atoms with E-state index in [0.29, 0.717) is 17.4 Å². The molecule has 158 valence electrons. The molecule has 0 bridgehead atoms. The second kappa shape index (κ2) is 9.67. The van der Waals surface area contributed by atoms with Gasteiger partial charge in [0.05, 0.1) is 16.8 Å². The van der Waals surface area contributed by atoms with Gasteiger partial charge in [0.1, 0.15) is 0 Å². The Hall–Kier alpha value is -2.63. The van der Waals surface area contributed by atoms with E-state index in [1.54, 1.807) is 28.0 Å². The highest BCUT2D eigenvalue weighted by atomic mass is 32.2. The lowest BCUT2D eigenvalue weighted by Crippen LogP contribution is -2.30. The third-order valence-electron chi connectivity index (χ3n) is 4.98. The Bertz CT molecular complexity index is 1170. The van der Waals surface area contributed by atoms with Crippen LogP contribution in [0.1, 0.15) is 42.3 Å². The van der Waals surface area contributed by atoms with Gasteiger partial charge in [0.2, 0.25) is 0 Å². The summed E-state index contributed by atoms with van der Waals surface area (Å²) in [6.45, 7) is 6.98. The molecule has 4 aromatic rings. The molecule has 1 aromatic heterocycles. The van der Waals surface area contributed by atoms with Crippen LogP contribution >= 0.6 is 23.1 Å². The van der Waals surface area contributed by atoms with Gasteiger partial charge in [-0.05, 0) is 53.9 Å². The lowest BCUT2D eigenvalue weighted by molar-refractivity contribution is 0.0985. The van der Waals surface area contributed by atoms with Crippen molar-refractivity contribution in [2.45, 2.75) is 43.9 Å². The number of hydrogen-bond donors (Lipinski definition) is 0. The van der Waals surface area contributed by atoms with Crippen LogP contribution in [0.15, 0.2) is 77.7 Å². The van der Waals surface area contributed by atoms with E-state index < -0.39 is 0 Å². The maximum Gasteiger partial charge on any atom is 0.260 e. The number of aryl methyl sites for hydroxylation is 1. The average molecular weight is 447 g/mol. The van der Waals surface area contributed by atoms with Crippen LogP contribution in [-0.2, 0) is 13.0 Å². The number of aromatic nitrogens is 1. The molecule has 0 saturated carbocycles. The molecule has 0 spiro atoms. The van der Waals surface area contributed by atoms with E-state index in [4.69, 9.17) is 4.98 Å². The van der Waals surface area contributed by atoms with Crippen LogP contribution in [0.4, 0.5) is 5.13 Å². The molecule has 3 nitrogen and oxygen atoms in total. The van der Waals surface area contributed by atoms with Gasteiger partial charge in [-0.2, -0.15) is 0 Å². The molecule has 5 heteroatoms. The molecule has 0 aliphatic rings. The van der Waals surface area contributed by atoms with E-state index in [-0.39, 0.29) is 5.91 Å². The predicted octanol–water partition coefficient (Wildman–Crippen LogP) is 7.21. The van der Waals surface area contributed by atoms with Crippen molar-refractivity contribution in [2.75, 3.05) is 4.90 Å². The molecule has 0 fully saturated rings. The Morgan fingerprint density at radius 3 is 2.42 bits per heavy atom. The highest BCUT2D eigenvalue weighted by Crippen LogP contribution is 2.32. The molecule has 1 amide bonds. The Kier molecular flexibility index (Phi) is 6.73. The fourth-order valence-electron chi connectivity index (χ4n) is 3.39. The maximum absolute atomic E-state index is 13.6. The number of nitrogens with zero attached hydrogens (tertiary/aromatic N) is 2. The van der Waals surface area contributed by atoms with Crippen molar-refractivity contribution in [1.29, 1.82) is 0 Å². The maximum atomic E-state index is 13.6. The minimum absolute atomic E-state index is 0.0280. The lowest BCUT2D eigenvalue weighted by atomic mass is 10.1. The van der Waals surface area contributed by atoms with Crippen LogP contribution in [0, 0.1) is 0 Å². The molecule has 0 aliphatic heterocycles. The van der Waals surface area contributed by atoms with E-state index in [2.05, 4.69) is 39.0 Å². The van der Waals surface area contributed by atoms with Crippen molar-refractivity contribution in [3.63, 3.8) is 0 Å². The molecule has 1 heterocycles. The van der Waals surface area contributed by atoms with Crippen molar-refractivity contribution in [2.24, 2.45) is 0 Å². The highest BCUT2D eigenvalue weighted by molar-refractivity contribution is 7.99. The Labute approximate surface area is 192 Å². The summed E-state index contributed by atoms with van der Waals surface area (Å²) in [7, 11) is 0. The average Bonchev–Trinajstić information content (AvgIpc) is 3.20. The summed E-state index contributed by atoms with van der Waals surface area (Å²) in [6.07, 6.45) is 0.983. The first-order valence-corrected chi connectivity index (χ1v) is 12.2. The third-order valence-corrected chi connectivity index (χ3v) is 7.04. The van der Waals surface area contributed by atoms with E-state index in [1.165, 1.54) is 10.5 Å². The van der Waals surface area contributed by atoms with Crippen LogP contribution in [-0.4, -0.2) is 16.1 Å². The zero-order chi connectivity index (χ0) is 21.8. The lowest BCUT2D eigenvalue weighted by Gasteiger charge is -2.20. The van der Waals surface area contributed by atoms with E-state index >= 15 is 0 Å². The van der Waals surface area contributed by atoms with Crippen LogP contribution in [0.2, 0.25) is 0 Å². The smallest absolute Gasteiger partial charge is 0.260 e. The van der Waals surface area contributed by atoms with E-state index in [0.717, 1.165) is 27.3 Å². The van der Waals surface area contributed by atoms with Gasteiger partial charge in [-0.1, -0.05) is 68.5 Å². The Balaban J connectivity index is 1.69. The first-order valence-electron chi connectivity index (χ1n) is 10.6. The number of benzene rings is 3. The standard InChI is InChI=1S/C26H26N2OS2/c1-4-19-10-15-23-24(16-19)31-26(27-23)28(17-20-8-6-5-7-9-20)25(29)21-11-13-22(14-12-21)30-18(2)3/h5-16,18H,4,17H2,1-3H3. The normalized spacial score (nSPS) is 11.2. The number of carbonyl (C=O) groups excluding carboxylic acids is 1. The summed E-state index contributed by atoms with van der Waals surface area (Å²) >= 11 is 3.38. The molecular weight excluding hydrogens is 420 g/mol. The van der Waals surface area contributed by atoms with Gasteiger partial charge in [0.25, 0.3) is 5.91 Å². The van der Waals surface area contributed by atoms with Crippen LogP contribution in [0.25, 0.3) is 10.2 Å². The molecule has 4 rings (SSSR count). The fourth-order valence-corrected chi connectivity index (χ4v) is 5.25. The van der Waals surface area contributed by atoms with Crippen molar-refractivity contribution >= 4 is 44.4 Å². The SMILES string of the molecule is CCc1ccc2nc(N(Cc3ccccc3)C(=O)c3ccc(SC(C)C)cc3)sc2c1. The van der Waals surface area contributed by atoms with Gasteiger partial charge in [-0.3, -0.25) is 9.69 Å². The topological polar surface area (TPSA) is 33.2 Å². The van der Waals surface area contributed by atoms with Gasteiger partial charge in [0, 0.05) is 15.7 Å². The number of thiazole rings is 1. The van der Waals surface area contributed by atoms with Crippen LogP contribution in [0.3, 0.4) is 0 Å². The number of carbonyl (C=O) groups is 1. The van der Waals surface area contributed by atoms with Gasteiger partial charge in [-0.15, -0.1) is 11.8 Å². The summed E-state index contributed by atoms with van der Waals surface area (Å²) in [5.41, 5.74) is 3.97. The van der Waals surface area contributed by atoms with Gasteiger partial charge >= 0.3 is 0 Å². The van der Waals surface area contributed by atoms with Crippen molar-refractivity contribution in [3.05, 3.63) is 89.5 Å². The molecule has 3 aromatic carbocycles. The first kappa shape index (κ1) is 21.6. The molecule has 31 heavy (non-hydrogen) atoms. The summed E-state index contributed by atoms with van der Waals surface area (Å²) < 4.78 is 1.11. The van der Waals surface area contributed by atoms with E-state index in [1.807, 2.05) is 54.6 Å². The van der Waals surface area contributed by atoms with Gasteiger partial charge in [0.15, 0.2) is 5.13 Å². The largest absolute Gasteiger partial charge is 0.279 e. The molecule has 0 atom stereocenters. The quantitative estimate of drug-likeness (QED) is 0.281. The summed E-state index contributed by atoms with van der Waals surface area (Å²) in [5, 5.41) is 1.24. The number of thioether (sulfide) groups is 1. The molecule has 0 unspecified atom stereocenters. The van der Waals surface area contributed by atoms with Gasteiger partial charge in [-0.25, -0.2) is 4.98 Å². The number of rotatable bonds is 7.